The second kappa shape index (κ2) is 5.81. The van der Waals surface area contributed by atoms with Crippen LogP contribution in [0, 0.1) is 11.8 Å². The van der Waals surface area contributed by atoms with Crippen LogP contribution in [0.1, 0.15) is 6.92 Å². The number of carbonyl (C=O) groups excluding carboxylic acids is 1. The zero-order chi connectivity index (χ0) is 12.1. The molecular weight excluding hydrogens is 212 g/mol. The van der Waals surface area contributed by atoms with Crippen molar-refractivity contribution in [3.63, 3.8) is 0 Å². The average molecular weight is 230 g/mol. The molecule has 1 heterocycles. The van der Waals surface area contributed by atoms with Crippen molar-refractivity contribution in [1.82, 2.24) is 10.6 Å². The molecule has 0 saturated carbocycles. The van der Waals surface area contributed by atoms with E-state index in [-0.39, 0.29) is 24.3 Å². The Kier molecular flexibility index (Phi) is 4.70. The van der Waals surface area contributed by atoms with Gasteiger partial charge in [0.25, 0.3) is 0 Å². The van der Waals surface area contributed by atoms with Crippen molar-refractivity contribution in [2.24, 2.45) is 11.8 Å². The predicted molar refractivity (Wildman–Crippen MR) is 57.0 cm³/mol. The van der Waals surface area contributed by atoms with Crippen molar-refractivity contribution in [2.45, 2.75) is 13.0 Å². The van der Waals surface area contributed by atoms with Crippen LogP contribution >= 0.6 is 0 Å². The number of nitrogens with one attached hydrogen (secondary N) is 2. The first-order valence-electron chi connectivity index (χ1n) is 5.30. The monoisotopic (exact) mass is 230 g/mol. The maximum Gasteiger partial charge on any atom is 0.334 e. The van der Waals surface area contributed by atoms with Gasteiger partial charge in [-0.05, 0) is 12.5 Å². The highest BCUT2D eigenvalue weighted by atomic mass is 16.5. The lowest BCUT2D eigenvalue weighted by Gasteiger charge is -2.16. The molecule has 1 saturated heterocycles. The molecule has 0 spiro atoms. The highest BCUT2D eigenvalue weighted by Gasteiger charge is 2.30. The Hall–Kier alpha value is -1.14. The second-order valence-electron chi connectivity index (χ2n) is 4.05. The number of carbonyl (C=O) groups is 2. The summed E-state index contributed by atoms with van der Waals surface area (Å²) in [6.45, 7) is 3.48. The summed E-state index contributed by atoms with van der Waals surface area (Å²) in [7, 11) is 1.31. The summed E-state index contributed by atoms with van der Waals surface area (Å²) in [4.78, 5) is 22.3. The highest BCUT2D eigenvalue weighted by Crippen LogP contribution is 2.15. The molecule has 92 valence electrons. The summed E-state index contributed by atoms with van der Waals surface area (Å²) in [5.41, 5.74) is 0. The fourth-order valence-corrected chi connectivity index (χ4v) is 1.76. The molecule has 0 aromatic rings. The molecule has 1 amide bonds. The fourth-order valence-electron chi connectivity index (χ4n) is 1.76. The van der Waals surface area contributed by atoms with Crippen molar-refractivity contribution >= 4 is 11.9 Å². The third kappa shape index (κ3) is 3.18. The molecule has 0 bridgehead atoms. The topological polar surface area (TPSA) is 87.7 Å². The van der Waals surface area contributed by atoms with Crippen molar-refractivity contribution < 1.29 is 19.4 Å². The fraction of sp³-hybridized carbons (Fsp3) is 0.800. The second-order valence-corrected chi connectivity index (χ2v) is 4.05. The summed E-state index contributed by atoms with van der Waals surface area (Å²) >= 11 is 0. The van der Waals surface area contributed by atoms with Crippen LogP contribution in [0.2, 0.25) is 0 Å². The largest absolute Gasteiger partial charge is 0.479 e. The van der Waals surface area contributed by atoms with Gasteiger partial charge in [0, 0.05) is 13.7 Å². The minimum absolute atomic E-state index is 0.00782. The molecule has 0 aliphatic carbocycles. The highest BCUT2D eigenvalue weighted by molar-refractivity contribution is 5.80. The van der Waals surface area contributed by atoms with Crippen LogP contribution in [-0.2, 0) is 14.3 Å². The number of methoxy groups -OCH3 is 1. The summed E-state index contributed by atoms with van der Waals surface area (Å²) in [6, 6.07) is 0. The van der Waals surface area contributed by atoms with Crippen LogP contribution in [0.4, 0.5) is 0 Å². The predicted octanol–water partition coefficient (Wildman–Crippen LogP) is -0.942. The molecule has 1 fully saturated rings. The Balaban J connectivity index is 2.37. The van der Waals surface area contributed by atoms with Crippen LogP contribution < -0.4 is 10.6 Å². The third-order valence-corrected chi connectivity index (χ3v) is 2.88. The van der Waals surface area contributed by atoms with Crippen LogP contribution in [0.15, 0.2) is 0 Å². The molecule has 1 rings (SSSR count). The summed E-state index contributed by atoms with van der Waals surface area (Å²) in [6.07, 6.45) is -0.978. The number of aliphatic carboxylic acids is 1. The van der Waals surface area contributed by atoms with E-state index in [0.29, 0.717) is 6.54 Å². The molecular formula is C10H18N2O4. The SMILES string of the molecule is COC(CNC(=O)[C@@H]1CNC[C@H]1C)C(=O)O. The van der Waals surface area contributed by atoms with Crippen LogP contribution in [0.5, 0.6) is 0 Å². The molecule has 6 nitrogen and oxygen atoms in total. The molecule has 1 aliphatic heterocycles. The van der Waals surface area contributed by atoms with Crippen molar-refractivity contribution in [3.8, 4) is 0 Å². The Morgan fingerprint density at radius 3 is 2.69 bits per heavy atom. The Bertz CT molecular complexity index is 270. The van der Waals surface area contributed by atoms with Gasteiger partial charge in [-0.25, -0.2) is 4.79 Å². The molecule has 1 aliphatic rings. The lowest BCUT2D eigenvalue weighted by molar-refractivity contribution is -0.148. The first kappa shape index (κ1) is 12.9. The number of amides is 1. The van der Waals surface area contributed by atoms with E-state index in [9.17, 15) is 9.59 Å². The van der Waals surface area contributed by atoms with E-state index in [1.165, 1.54) is 7.11 Å². The molecule has 0 radical (unpaired) electrons. The van der Waals surface area contributed by atoms with E-state index >= 15 is 0 Å². The van der Waals surface area contributed by atoms with Gasteiger partial charge in [-0.15, -0.1) is 0 Å². The van der Waals surface area contributed by atoms with Crippen LogP contribution in [0.25, 0.3) is 0 Å². The molecule has 16 heavy (non-hydrogen) atoms. The van der Waals surface area contributed by atoms with Crippen molar-refractivity contribution in [2.75, 3.05) is 26.7 Å². The van der Waals surface area contributed by atoms with Gasteiger partial charge < -0.3 is 20.5 Å². The van der Waals surface area contributed by atoms with E-state index in [2.05, 4.69) is 10.6 Å². The molecule has 0 aromatic carbocycles. The molecule has 3 atom stereocenters. The summed E-state index contributed by atoms with van der Waals surface area (Å²) < 4.78 is 4.72. The number of hydrogen-bond acceptors (Lipinski definition) is 4. The molecule has 0 aromatic heterocycles. The number of rotatable bonds is 5. The van der Waals surface area contributed by atoms with Gasteiger partial charge in [0.15, 0.2) is 6.10 Å². The Labute approximate surface area is 94.3 Å². The van der Waals surface area contributed by atoms with Crippen LogP contribution in [0.3, 0.4) is 0 Å². The lowest BCUT2D eigenvalue weighted by Crippen LogP contribution is -2.41. The number of carboxylic acid groups (broad SMARTS) is 1. The number of carboxylic acids is 1. The van der Waals surface area contributed by atoms with E-state index in [0.717, 1.165) is 6.54 Å². The van der Waals surface area contributed by atoms with Gasteiger partial charge in [0.2, 0.25) is 5.91 Å². The maximum atomic E-state index is 11.7. The number of ether oxygens (including phenoxy) is 1. The van der Waals surface area contributed by atoms with Gasteiger partial charge >= 0.3 is 5.97 Å². The molecule has 3 N–H and O–H groups in total. The normalized spacial score (nSPS) is 26.4. The van der Waals surface area contributed by atoms with Gasteiger partial charge in [-0.2, -0.15) is 0 Å². The Morgan fingerprint density at radius 1 is 1.56 bits per heavy atom. The summed E-state index contributed by atoms with van der Waals surface area (Å²) in [5, 5.41) is 14.4. The molecule has 1 unspecified atom stereocenters. The maximum absolute atomic E-state index is 11.7. The van der Waals surface area contributed by atoms with Crippen LogP contribution in [-0.4, -0.2) is 49.8 Å². The Morgan fingerprint density at radius 2 is 2.25 bits per heavy atom. The zero-order valence-corrected chi connectivity index (χ0v) is 9.53. The molecule has 6 heteroatoms. The standard InChI is InChI=1S/C10H18N2O4/c1-6-3-11-4-7(6)9(13)12-5-8(16-2)10(14)15/h6-8,11H,3-5H2,1-2H3,(H,12,13)(H,14,15)/t6-,7-,8?/m1/s1. The third-order valence-electron chi connectivity index (χ3n) is 2.88. The minimum Gasteiger partial charge on any atom is -0.479 e. The average Bonchev–Trinajstić information content (AvgIpc) is 2.64. The van der Waals surface area contributed by atoms with Crippen molar-refractivity contribution in [3.05, 3.63) is 0 Å². The minimum atomic E-state index is -1.07. The summed E-state index contributed by atoms with van der Waals surface area (Å²) in [5.74, 6) is -0.974. The van der Waals surface area contributed by atoms with Crippen molar-refractivity contribution in [1.29, 1.82) is 0 Å². The van der Waals surface area contributed by atoms with Gasteiger partial charge in [0.1, 0.15) is 0 Å². The van der Waals surface area contributed by atoms with E-state index in [4.69, 9.17) is 9.84 Å². The zero-order valence-electron chi connectivity index (χ0n) is 9.53. The van der Waals surface area contributed by atoms with E-state index in [1.54, 1.807) is 0 Å². The first-order valence-corrected chi connectivity index (χ1v) is 5.30. The van der Waals surface area contributed by atoms with E-state index < -0.39 is 12.1 Å². The van der Waals surface area contributed by atoms with E-state index in [1.807, 2.05) is 6.92 Å². The number of hydrogen-bond donors (Lipinski definition) is 3. The van der Waals surface area contributed by atoms with Gasteiger partial charge in [-0.3, -0.25) is 4.79 Å². The lowest BCUT2D eigenvalue weighted by atomic mass is 9.97. The smallest absolute Gasteiger partial charge is 0.334 e. The first-order chi connectivity index (χ1) is 7.56. The quantitative estimate of drug-likeness (QED) is 0.567. The van der Waals surface area contributed by atoms with Gasteiger partial charge in [-0.1, -0.05) is 6.92 Å². The van der Waals surface area contributed by atoms with Gasteiger partial charge in [0.05, 0.1) is 12.5 Å².